The lowest BCUT2D eigenvalue weighted by Gasteiger charge is -2.19. The molecule has 0 saturated carbocycles. The summed E-state index contributed by atoms with van der Waals surface area (Å²) < 4.78 is 0. The number of carbonyl (C=O) groups excluding carboxylic acids is 2. The van der Waals surface area contributed by atoms with Crippen molar-refractivity contribution in [2.24, 2.45) is 0 Å². The Hall–Kier alpha value is -1.84. The maximum absolute atomic E-state index is 12.0. The number of carbonyl (C=O) groups is 2. The molecule has 1 rings (SSSR count). The molecular weight excluding hydrogens is 206 g/mol. The zero-order valence-corrected chi connectivity index (χ0v) is 9.43. The van der Waals surface area contributed by atoms with Gasteiger partial charge in [-0.25, -0.2) is 0 Å². The molecule has 16 heavy (non-hydrogen) atoms. The fourth-order valence-corrected chi connectivity index (χ4v) is 1.56. The third-order valence-electron chi connectivity index (χ3n) is 2.47. The Morgan fingerprint density at radius 1 is 1.38 bits per heavy atom. The van der Waals surface area contributed by atoms with Crippen LogP contribution in [-0.4, -0.2) is 35.3 Å². The van der Waals surface area contributed by atoms with E-state index in [1.165, 1.54) is 18.2 Å². The van der Waals surface area contributed by atoms with Crippen LogP contribution in [0.4, 0.5) is 0 Å². The SMILES string of the molecule is CCN(CC)C(=O)c1c(O)cccc1C=O. The van der Waals surface area contributed by atoms with Gasteiger partial charge in [-0.05, 0) is 19.9 Å². The minimum atomic E-state index is -0.315. The summed E-state index contributed by atoms with van der Waals surface area (Å²) in [5.41, 5.74) is 0.304. The monoisotopic (exact) mass is 221 g/mol. The van der Waals surface area contributed by atoms with Gasteiger partial charge in [0.1, 0.15) is 5.75 Å². The fourth-order valence-electron chi connectivity index (χ4n) is 1.56. The third kappa shape index (κ3) is 2.21. The predicted molar refractivity (Wildman–Crippen MR) is 60.7 cm³/mol. The van der Waals surface area contributed by atoms with Crippen LogP contribution in [0.25, 0.3) is 0 Å². The minimum absolute atomic E-state index is 0.0844. The molecule has 0 fully saturated rings. The van der Waals surface area contributed by atoms with Gasteiger partial charge >= 0.3 is 0 Å². The van der Waals surface area contributed by atoms with Gasteiger partial charge in [-0.3, -0.25) is 9.59 Å². The first-order valence-electron chi connectivity index (χ1n) is 5.22. The van der Waals surface area contributed by atoms with Gasteiger partial charge in [-0.15, -0.1) is 0 Å². The number of phenols is 1. The number of phenolic OH excluding ortho intramolecular Hbond substituents is 1. The fraction of sp³-hybridized carbons (Fsp3) is 0.333. The van der Waals surface area contributed by atoms with Crippen molar-refractivity contribution in [2.45, 2.75) is 13.8 Å². The van der Waals surface area contributed by atoms with Crippen LogP contribution in [0.2, 0.25) is 0 Å². The van der Waals surface area contributed by atoms with Gasteiger partial charge in [-0.2, -0.15) is 0 Å². The van der Waals surface area contributed by atoms with Crippen molar-refractivity contribution in [3.05, 3.63) is 29.3 Å². The average molecular weight is 221 g/mol. The number of hydrogen-bond acceptors (Lipinski definition) is 3. The van der Waals surface area contributed by atoms with Crippen molar-refractivity contribution in [3.8, 4) is 5.75 Å². The zero-order valence-electron chi connectivity index (χ0n) is 9.43. The highest BCUT2D eigenvalue weighted by Crippen LogP contribution is 2.21. The Kier molecular flexibility index (Phi) is 4.05. The van der Waals surface area contributed by atoms with Crippen LogP contribution < -0.4 is 0 Å². The van der Waals surface area contributed by atoms with E-state index < -0.39 is 0 Å². The van der Waals surface area contributed by atoms with E-state index in [1.54, 1.807) is 4.90 Å². The number of rotatable bonds is 4. The molecule has 1 amide bonds. The summed E-state index contributed by atoms with van der Waals surface area (Å²) >= 11 is 0. The van der Waals surface area contributed by atoms with Gasteiger partial charge in [0.15, 0.2) is 6.29 Å². The van der Waals surface area contributed by atoms with Crippen LogP contribution in [0.5, 0.6) is 5.75 Å². The van der Waals surface area contributed by atoms with Crippen LogP contribution in [0, 0.1) is 0 Å². The molecule has 0 aliphatic carbocycles. The molecule has 0 heterocycles. The molecule has 4 nitrogen and oxygen atoms in total. The summed E-state index contributed by atoms with van der Waals surface area (Å²) in [6.07, 6.45) is 0.580. The molecule has 1 aromatic rings. The number of nitrogens with zero attached hydrogens (tertiary/aromatic N) is 1. The predicted octanol–water partition coefficient (Wildman–Crippen LogP) is 1.69. The molecule has 0 aromatic heterocycles. The van der Waals surface area contributed by atoms with E-state index in [-0.39, 0.29) is 22.8 Å². The van der Waals surface area contributed by atoms with E-state index in [0.717, 1.165) is 0 Å². The summed E-state index contributed by atoms with van der Waals surface area (Å²) in [7, 11) is 0. The maximum atomic E-state index is 12.0. The molecule has 0 bridgehead atoms. The summed E-state index contributed by atoms with van der Waals surface area (Å²) in [5, 5.41) is 9.63. The minimum Gasteiger partial charge on any atom is -0.507 e. The first-order chi connectivity index (χ1) is 7.65. The average Bonchev–Trinajstić information content (AvgIpc) is 2.29. The Morgan fingerprint density at radius 2 is 2.00 bits per heavy atom. The van der Waals surface area contributed by atoms with E-state index in [4.69, 9.17) is 0 Å². The molecule has 0 unspecified atom stereocenters. The summed E-state index contributed by atoms with van der Waals surface area (Å²) in [6.45, 7) is 4.79. The second-order valence-corrected chi connectivity index (χ2v) is 3.34. The second kappa shape index (κ2) is 5.30. The number of aldehydes is 1. The molecule has 0 spiro atoms. The standard InChI is InChI=1S/C12H15NO3/c1-3-13(4-2)12(16)11-9(8-14)6-5-7-10(11)15/h5-8,15H,3-4H2,1-2H3. The number of hydrogen-bond donors (Lipinski definition) is 1. The maximum Gasteiger partial charge on any atom is 0.258 e. The molecule has 4 heteroatoms. The lowest BCUT2D eigenvalue weighted by molar-refractivity contribution is 0.0767. The van der Waals surface area contributed by atoms with Crippen molar-refractivity contribution in [2.75, 3.05) is 13.1 Å². The first kappa shape index (κ1) is 12.2. The van der Waals surface area contributed by atoms with Crippen molar-refractivity contribution in [1.82, 2.24) is 4.90 Å². The Morgan fingerprint density at radius 3 is 2.50 bits per heavy atom. The molecule has 0 radical (unpaired) electrons. The molecule has 1 aromatic carbocycles. The largest absolute Gasteiger partial charge is 0.507 e. The van der Waals surface area contributed by atoms with E-state index in [0.29, 0.717) is 19.4 Å². The van der Waals surface area contributed by atoms with Gasteiger partial charge in [0.25, 0.3) is 5.91 Å². The van der Waals surface area contributed by atoms with Crippen LogP contribution in [-0.2, 0) is 0 Å². The van der Waals surface area contributed by atoms with Crippen molar-refractivity contribution in [1.29, 1.82) is 0 Å². The van der Waals surface area contributed by atoms with Gasteiger partial charge in [0.2, 0.25) is 0 Å². The van der Waals surface area contributed by atoms with Crippen LogP contribution in [0.3, 0.4) is 0 Å². The Balaban J connectivity index is 3.21. The lowest BCUT2D eigenvalue weighted by Crippen LogP contribution is -2.31. The highest BCUT2D eigenvalue weighted by molar-refractivity contribution is 6.03. The van der Waals surface area contributed by atoms with Crippen molar-refractivity contribution >= 4 is 12.2 Å². The summed E-state index contributed by atoms with van der Waals surface area (Å²) in [4.78, 5) is 24.4. The number of amides is 1. The quantitative estimate of drug-likeness (QED) is 0.787. The topological polar surface area (TPSA) is 57.6 Å². The van der Waals surface area contributed by atoms with Crippen LogP contribution in [0.15, 0.2) is 18.2 Å². The Bertz CT molecular complexity index is 397. The normalized spacial score (nSPS) is 9.88. The van der Waals surface area contributed by atoms with Gasteiger partial charge < -0.3 is 10.0 Å². The molecule has 0 aliphatic rings. The smallest absolute Gasteiger partial charge is 0.258 e. The number of benzene rings is 1. The zero-order chi connectivity index (χ0) is 12.1. The summed E-state index contributed by atoms with van der Waals surface area (Å²) in [5.74, 6) is -0.466. The second-order valence-electron chi connectivity index (χ2n) is 3.34. The van der Waals surface area contributed by atoms with E-state index in [9.17, 15) is 14.7 Å². The van der Waals surface area contributed by atoms with Crippen LogP contribution in [0.1, 0.15) is 34.6 Å². The third-order valence-corrected chi connectivity index (χ3v) is 2.47. The van der Waals surface area contributed by atoms with Crippen LogP contribution >= 0.6 is 0 Å². The number of aromatic hydroxyl groups is 1. The highest BCUT2D eigenvalue weighted by atomic mass is 16.3. The molecule has 0 aliphatic heterocycles. The van der Waals surface area contributed by atoms with E-state index in [2.05, 4.69) is 0 Å². The van der Waals surface area contributed by atoms with Crippen molar-refractivity contribution in [3.63, 3.8) is 0 Å². The molecule has 1 N–H and O–H groups in total. The van der Waals surface area contributed by atoms with Gasteiger partial charge in [-0.1, -0.05) is 12.1 Å². The van der Waals surface area contributed by atoms with Gasteiger partial charge in [0.05, 0.1) is 5.56 Å². The molecule has 0 saturated heterocycles. The summed E-state index contributed by atoms with van der Waals surface area (Å²) in [6, 6.07) is 4.46. The Labute approximate surface area is 94.5 Å². The van der Waals surface area contributed by atoms with E-state index >= 15 is 0 Å². The molecular formula is C12H15NO3. The molecule has 86 valence electrons. The highest BCUT2D eigenvalue weighted by Gasteiger charge is 2.19. The first-order valence-corrected chi connectivity index (χ1v) is 5.22. The molecule has 0 atom stereocenters. The van der Waals surface area contributed by atoms with Gasteiger partial charge in [0, 0.05) is 18.7 Å². The van der Waals surface area contributed by atoms with E-state index in [1.807, 2.05) is 13.8 Å². The lowest BCUT2D eigenvalue weighted by atomic mass is 10.1. The van der Waals surface area contributed by atoms with Crippen molar-refractivity contribution < 1.29 is 14.7 Å².